The number of primary amides is 1. The zero-order valence-electron chi connectivity index (χ0n) is 11.1. The molecule has 2 N–H and O–H groups in total. The van der Waals surface area contributed by atoms with Gasteiger partial charge in [-0.15, -0.1) is 0 Å². The standard InChI is InChI=1S/C14H16N2O3S/c1-11-2-5-13(6-3-11)20(18,19)16-9-8-12(10-16)4-7-14(15)17/h2-3,5-6,8-10H,4,7H2,1H3,(H2,15,17). The molecule has 0 aliphatic rings. The van der Waals surface area contributed by atoms with Gasteiger partial charge in [-0.25, -0.2) is 12.4 Å². The largest absolute Gasteiger partial charge is 0.370 e. The van der Waals surface area contributed by atoms with E-state index in [4.69, 9.17) is 5.73 Å². The highest BCUT2D eigenvalue weighted by Crippen LogP contribution is 2.16. The molecular weight excluding hydrogens is 276 g/mol. The van der Waals surface area contributed by atoms with Crippen molar-refractivity contribution in [3.63, 3.8) is 0 Å². The van der Waals surface area contributed by atoms with Gasteiger partial charge in [0.25, 0.3) is 10.0 Å². The average molecular weight is 292 g/mol. The number of aryl methyl sites for hydroxylation is 2. The van der Waals surface area contributed by atoms with Crippen molar-refractivity contribution in [1.29, 1.82) is 0 Å². The summed E-state index contributed by atoms with van der Waals surface area (Å²) in [7, 11) is -3.57. The van der Waals surface area contributed by atoms with Crippen LogP contribution in [0.1, 0.15) is 17.5 Å². The molecule has 106 valence electrons. The van der Waals surface area contributed by atoms with E-state index in [-0.39, 0.29) is 11.3 Å². The topological polar surface area (TPSA) is 82.2 Å². The van der Waals surface area contributed by atoms with E-state index < -0.39 is 15.9 Å². The van der Waals surface area contributed by atoms with Gasteiger partial charge in [0.05, 0.1) is 4.90 Å². The minimum atomic E-state index is -3.57. The maximum absolute atomic E-state index is 12.4. The predicted octanol–water partition coefficient (Wildman–Crippen LogP) is 1.45. The summed E-state index contributed by atoms with van der Waals surface area (Å²) in [4.78, 5) is 11.0. The van der Waals surface area contributed by atoms with Crippen molar-refractivity contribution in [2.75, 3.05) is 0 Å². The Morgan fingerprint density at radius 1 is 1.20 bits per heavy atom. The van der Waals surface area contributed by atoms with Crippen LogP contribution in [-0.2, 0) is 21.2 Å². The van der Waals surface area contributed by atoms with Gasteiger partial charge in [0.1, 0.15) is 0 Å². The number of hydrogen-bond donors (Lipinski definition) is 1. The van der Waals surface area contributed by atoms with E-state index in [0.717, 1.165) is 15.1 Å². The fourth-order valence-corrected chi connectivity index (χ4v) is 3.03. The molecule has 0 aliphatic heterocycles. The second kappa shape index (κ2) is 5.50. The molecule has 20 heavy (non-hydrogen) atoms. The summed E-state index contributed by atoms with van der Waals surface area (Å²) < 4.78 is 25.9. The number of hydrogen-bond acceptors (Lipinski definition) is 3. The Balaban J connectivity index is 2.26. The van der Waals surface area contributed by atoms with Gasteiger partial charge >= 0.3 is 0 Å². The molecule has 6 heteroatoms. The Labute approximate surface area is 118 Å². The third-order valence-electron chi connectivity index (χ3n) is 2.99. The van der Waals surface area contributed by atoms with Crippen molar-refractivity contribution < 1.29 is 13.2 Å². The van der Waals surface area contributed by atoms with E-state index in [0.29, 0.717) is 6.42 Å². The number of nitrogens with zero attached hydrogens (tertiary/aromatic N) is 1. The number of amides is 1. The molecule has 1 aromatic heterocycles. The Hall–Kier alpha value is -2.08. The third-order valence-corrected chi connectivity index (χ3v) is 4.64. The van der Waals surface area contributed by atoms with Crippen molar-refractivity contribution in [2.45, 2.75) is 24.7 Å². The zero-order valence-corrected chi connectivity index (χ0v) is 11.9. The quantitative estimate of drug-likeness (QED) is 0.905. The fourth-order valence-electron chi connectivity index (χ4n) is 1.82. The maximum Gasteiger partial charge on any atom is 0.267 e. The second-order valence-electron chi connectivity index (χ2n) is 4.63. The molecule has 5 nitrogen and oxygen atoms in total. The maximum atomic E-state index is 12.4. The van der Waals surface area contributed by atoms with E-state index >= 15 is 0 Å². The van der Waals surface area contributed by atoms with Crippen LogP contribution in [0, 0.1) is 6.92 Å². The molecule has 2 aromatic rings. The summed E-state index contributed by atoms with van der Waals surface area (Å²) in [5.41, 5.74) is 6.84. The molecule has 0 unspecified atom stereocenters. The van der Waals surface area contributed by atoms with Gasteiger partial charge in [-0.3, -0.25) is 4.79 Å². The van der Waals surface area contributed by atoms with Gasteiger partial charge in [-0.1, -0.05) is 17.7 Å². The van der Waals surface area contributed by atoms with Gasteiger partial charge in [0.2, 0.25) is 5.91 Å². The Morgan fingerprint density at radius 3 is 2.45 bits per heavy atom. The summed E-state index contributed by atoms with van der Waals surface area (Å²) >= 11 is 0. The van der Waals surface area contributed by atoms with Crippen molar-refractivity contribution >= 4 is 15.9 Å². The molecule has 0 saturated heterocycles. The molecule has 0 atom stereocenters. The molecule has 0 fully saturated rings. The van der Waals surface area contributed by atoms with E-state index in [9.17, 15) is 13.2 Å². The lowest BCUT2D eigenvalue weighted by Gasteiger charge is -2.05. The SMILES string of the molecule is Cc1ccc(S(=O)(=O)n2ccc(CCC(N)=O)c2)cc1. The lowest BCUT2D eigenvalue weighted by atomic mass is 10.2. The van der Waals surface area contributed by atoms with Crippen LogP contribution in [0.25, 0.3) is 0 Å². The molecular formula is C14H16N2O3S. The highest BCUT2D eigenvalue weighted by atomic mass is 32.2. The van der Waals surface area contributed by atoms with Crippen LogP contribution in [0.4, 0.5) is 0 Å². The lowest BCUT2D eigenvalue weighted by Crippen LogP contribution is -2.12. The molecule has 0 spiro atoms. The van der Waals surface area contributed by atoms with Gasteiger partial charge in [0, 0.05) is 18.8 Å². The fraction of sp³-hybridized carbons (Fsp3) is 0.214. The minimum absolute atomic E-state index is 0.203. The number of rotatable bonds is 5. The first-order valence-electron chi connectivity index (χ1n) is 6.17. The van der Waals surface area contributed by atoms with Crippen LogP contribution < -0.4 is 5.73 Å². The summed E-state index contributed by atoms with van der Waals surface area (Å²) in [5.74, 6) is -0.404. The molecule has 0 aliphatic carbocycles. The molecule has 1 aromatic carbocycles. The highest BCUT2D eigenvalue weighted by Gasteiger charge is 2.16. The van der Waals surface area contributed by atoms with Crippen LogP contribution in [0.2, 0.25) is 0 Å². The van der Waals surface area contributed by atoms with Gasteiger partial charge in [-0.2, -0.15) is 0 Å². The Bertz CT molecular complexity index is 715. The van der Waals surface area contributed by atoms with Crippen LogP contribution in [-0.4, -0.2) is 18.3 Å². The Kier molecular flexibility index (Phi) is 3.94. The van der Waals surface area contributed by atoms with E-state index in [1.807, 2.05) is 6.92 Å². The third kappa shape index (κ3) is 3.08. The summed E-state index contributed by atoms with van der Waals surface area (Å²) in [6.45, 7) is 1.90. The number of nitrogens with two attached hydrogens (primary N) is 1. The number of carbonyl (C=O) groups excluding carboxylic acids is 1. The van der Waals surface area contributed by atoms with Gasteiger partial charge in [-0.05, 0) is 37.1 Å². The zero-order chi connectivity index (χ0) is 14.8. The highest BCUT2D eigenvalue weighted by molar-refractivity contribution is 7.90. The molecule has 2 rings (SSSR count). The average Bonchev–Trinajstić information content (AvgIpc) is 2.86. The molecule has 0 saturated carbocycles. The smallest absolute Gasteiger partial charge is 0.267 e. The van der Waals surface area contributed by atoms with Crippen molar-refractivity contribution in [1.82, 2.24) is 3.97 Å². The van der Waals surface area contributed by atoms with Crippen LogP contribution in [0.3, 0.4) is 0 Å². The minimum Gasteiger partial charge on any atom is -0.370 e. The second-order valence-corrected chi connectivity index (χ2v) is 6.48. The van der Waals surface area contributed by atoms with Crippen molar-refractivity contribution in [2.24, 2.45) is 5.73 Å². The first-order valence-corrected chi connectivity index (χ1v) is 7.61. The number of benzene rings is 1. The predicted molar refractivity (Wildman–Crippen MR) is 75.7 cm³/mol. The number of carbonyl (C=O) groups is 1. The van der Waals surface area contributed by atoms with Gasteiger partial charge < -0.3 is 5.73 Å². The van der Waals surface area contributed by atoms with E-state index in [1.165, 1.54) is 12.4 Å². The molecule has 0 radical (unpaired) electrons. The number of aromatic nitrogens is 1. The lowest BCUT2D eigenvalue weighted by molar-refractivity contribution is -0.117. The normalized spacial score (nSPS) is 11.4. The van der Waals surface area contributed by atoms with E-state index in [2.05, 4.69) is 0 Å². The first-order chi connectivity index (χ1) is 9.39. The van der Waals surface area contributed by atoms with Crippen molar-refractivity contribution in [3.8, 4) is 0 Å². The molecule has 1 heterocycles. The molecule has 1 amide bonds. The van der Waals surface area contributed by atoms with Crippen LogP contribution >= 0.6 is 0 Å². The first kappa shape index (κ1) is 14.3. The summed E-state index contributed by atoms with van der Waals surface area (Å²) in [6.07, 6.45) is 3.63. The Morgan fingerprint density at radius 2 is 1.85 bits per heavy atom. The van der Waals surface area contributed by atoms with Crippen LogP contribution in [0.15, 0.2) is 47.6 Å². The van der Waals surface area contributed by atoms with E-state index in [1.54, 1.807) is 30.3 Å². The summed E-state index contributed by atoms with van der Waals surface area (Å²) in [5, 5.41) is 0. The van der Waals surface area contributed by atoms with Crippen molar-refractivity contribution in [3.05, 3.63) is 53.9 Å². The monoisotopic (exact) mass is 292 g/mol. The molecule has 0 bridgehead atoms. The van der Waals surface area contributed by atoms with Gasteiger partial charge in [0.15, 0.2) is 0 Å². The summed E-state index contributed by atoms with van der Waals surface area (Å²) in [6, 6.07) is 8.34. The van der Waals surface area contributed by atoms with Crippen LogP contribution in [0.5, 0.6) is 0 Å².